The van der Waals surface area contributed by atoms with Gasteiger partial charge in [0.15, 0.2) is 10.4 Å². The first-order chi connectivity index (χ1) is 9.70. The quantitative estimate of drug-likeness (QED) is 0.812. The topological polar surface area (TPSA) is 33.6 Å². The smallest absolute Gasteiger partial charge is 0.179 e. The van der Waals surface area contributed by atoms with Crippen LogP contribution in [0.4, 0.5) is 0 Å². The molecule has 1 unspecified atom stereocenters. The molecule has 2 aromatic heterocycles. The Morgan fingerprint density at radius 3 is 2.80 bits per heavy atom. The molecule has 1 fully saturated rings. The zero-order chi connectivity index (χ0) is 14.1. The molecule has 20 heavy (non-hydrogen) atoms. The first kappa shape index (κ1) is 13.8. The molecule has 0 aliphatic heterocycles. The number of nitrogens with zero attached hydrogens (tertiary/aromatic N) is 2. The molecule has 0 radical (unpaired) electrons. The summed E-state index contributed by atoms with van der Waals surface area (Å²) in [5.41, 5.74) is 3.15. The molecule has 1 aliphatic rings. The summed E-state index contributed by atoms with van der Waals surface area (Å²) in [4.78, 5) is 8.05. The highest BCUT2D eigenvalue weighted by Gasteiger charge is 2.26. The Kier molecular flexibility index (Phi) is 3.92. The summed E-state index contributed by atoms with van der Waals surface area (Å²) in [7, 11) is 0. The predicted molar refractivity (Wildman–Crippen MR) is 85.6 cm³/mol. The Bertz CT molecular complexity index is 649. The van der Waals surface area contributed by atoms with Crippen LogP contribution in [0.3, 0.4) is 0 Å². The van der Waals surface area contributed by atoms with E-state index >= 15 is 0 Å². The van der Waals surface area contributed by atoms with Crippen LogP contribution in [0.2, 0.25) is 0 Å². The van der Waals surface area contributed by atoms with E-state index in [1.807, 2.05) is 13.0 Å². The fourth-order valence-corrected chi connectivity index (χ4v) is 3.98. The standard InChI is InChI=1S/C16H23N3S/c1-3-14(12-7-5-4-6-8-12)19-15-13(18-16(19)20)10-9-11(2)17-15/h9-10,12,14H,3-8H2,1-2H3,(H,18,20). The first-order valence-corrected chi connectivity index (χ1v) is 8.19. The molecule has 2 heterocycles. The number of fused-ring (bicyclic) bond motifs is 1. The van der Waals surface area contributed by atoms with Gasteiger partial charge in [-0.05, 0) is 56.5 Å². The molecule has 3 rings (SSSR count). The van der Waals surface area contributed by atoms with Crippen molar-refractivity contribution in [1.82, 2.24) is 14.5 Å². The van der Waals surface area contributed by atoms with Crippen molar-refractivity contribution in [3.05, 3.63) is 22.6 Å². The first-order valence-electron chi connectivity index (χ1n) is 7.78. The summed E-state index contributed by atoms with van der Waals surface area (Å²) >= 11 is 5.58. The highest BCUT2D eigenvalue weighted by molar-refractivity contribution is 7.71. The van der Waals surface area contributed by atoms with Crippen LogP contribution in [0.5, 0.6) is 0 Å². The SMILES string of the molecule is CCC(C1CCCCC1)n1c(=S)[nH]c2ccc(C)nc21. The summed E-state index contributed by atoms with van der Waals surface area (Å²) in [5.74, 6) is 0.752. The van der Waals surface area contributed by atoms with Gasteiger partial charge in [0.05, 0.1) is 5.52 Å². The van der Waals surface area contributed by atoms with Crippen LogP contribution in [-0.4, -0.2) is 14.5 Å². The third kappa shape index (κ3) is 2.41. The van der Waals surface area contributed by atoms with E-state index in [1.165, 1.54) is 32.1 Å². The largest absolute Gasteiger partial charge is 0.329 e. The van der Waals surface area contributed by atoms with E-state index in [9.17, 15) is 0 Å². The van der Waals surface area contributed by atoms with E-state index in [1.54, 1.807) is 0 Å². The third-order valence-corrected chi connectivity index (χ3v) is 4.95. The number of nitrogens with one attached hydrogen (secondary N) is 1. The number of H-pyrrole nitrogens is 1. The molecular weight excluding hydrogens is 266 g/mol. The van der Waals surface area contributed by atoms with E-state index < -0.39 is 0 Å². The number of aromatic amines is 1. The van der Waals surface area contributed by atoms with Crippen LogP contribution in [0.15, 0.2) is 12.1 Å². The van der Waals surface area contributed by atoms with Gasteiger partial charge in [-0.25, -0.2) is 4.98 Å². The fraction of sp³-hybridized carbons (Fsp3) is 0.625. The maximum Gasteiger partial charge on any atom is 0.179 e. The second-order valence-electron chi connectivity index (χ2n) is 6.00. The van der Waals surface area contributed by atoms with Crippen LogP contribution in [0, 0.1) is 17.6 Å². The van der Waals surface area contributed by atoms with Gasteiger partial charge >= 0.3 is 0 Å². The summed E-state index contributed by atoms with van der Waals surface area (Å²) in [6.45, 7) is 4.32. The highest BCUT2D eigenvalue weighted by Crippen LogP contribution is 2.36. The van der Waals surface area contributed by atoms with Crippen molar-refractivity contribution in [3.8, 4) is 0 Å². The van der Waals surface area contributed by atoms with E-state index in [-0.39, 0.29) is 0 Å². The maximum atomic E-state index is 5.58. The number of aryl methyl sites for hydroxylation is 1. The Hall–Kier alpha value is -1.16. The van der Waals surface area contributed by atoms with Gasteiger partial charge < -0.3 is 4.98 Å². The summed E-state index contributed by atoms with van der Waals surface area (Å²) in [6.07, 6.45) is 7.91. The van der Waals surface area contributed by atoms with Gasteiger partial charge in [-0.2, -0.15) is 0 Å². The van der Waals surface area contributed by atoms with E-state index in [0.29, 0.717) is 6.04 Å². The molecule has 2 aromatic rings. The highest BCUT2D eigenvalue weighted by atomic mass is 32.1. The molecule has 0 saturated heterocycles. The maximum absolute atomic E-state index is 5.58. The zero-order valence-corrected chi connectivity index (χ0v) is 13.2. The van der Waals surface area contributed by atoms with Crippen molar-refractivity contribution in [2.75, 3.05) is 0 Å². The summed E-state index contributed by atoms with van der Waals surface area (Å²) < 4.78 is 3.11. The van der Waals surface area contributed by atoms with Crippen LogP contribution in [0.1, 0.15) is 57.2 Å². The number of aromatic nitrogens is 3. The van der Waals surface area contributed by atoms with Crippen molar-refractivity contribution < 1.29 is 0 Å². The molecule has 0 aromatic carbocycles. The van der Waals surface area contributed by atoms with E-state index in [2.05, 4.69) is 22.5 Å². The van der Waals surface area contributed by atoms with Crippen molar-refractivity contribution in [3.63, 3.8) is 0 Å². The minimum Gasteiger partial charge on any atom is -0.329 e. The van der Waals surface area contributed by atoms with Crippen molar-refractivity contribution in [2.45, 2.75) is 58.4 Å². The average Bonchev–Trinajstić information content (AvgIpc) is 2.77. The molecule has 3 nitrogen and oxygen atoms in total. The monoisotopic (exact) mass is 289 g/mol. The lowest BCUT2D eigenvalue weighted by atomic mass is 9.83. The molecule has 1 atom stereocenters. The second-order valence-corrected chi connectivity index (χ2v) is 6.38. The molecular formula is C16H23N3S. The second kappa shape index (κ2) is 5.68. The summed E-state index contributed by atoms with van der Waals surface area (Å²) in [6, 6.07) is 4.63. The molecule has 1 saturated carbocycles. The molecule has 0 spiro atoms. The molecule has 4 heteroatoms. The number of imidazole rings is 1. The molecule has 0 bridgehead atoms. The third-order valence-electron chi connectivity index (χ3n) is 4.65. The minimum atomic E-state index is 0.492. The van der Waals surface area contributed by atoms with E-state index in [0.717, 1.165) is 34.0 Å². The number of pyridine rings is 1. The van der Waals surface area contributed by atoms with Gasteiger partial charge in [-0.3, -0.25) is 4.57 Å². The molecule has 0 amide bonds. The lowest BCUT2D eigenvalue weighted by Gasteiger charge is -2.30. The Morgan fingerprint density at radius 1 is 1.35 bits per heavy atom. The molecule has 108 valence electrons. The van der Waals surface area contributed by atoms with Crippen molar-refractivity contribution in [2.24, 2.45) is 5.92 Å². The van der Waals surface area contributed by atoms with Crippen LogP contribution in [0.25, 0.3) is 11.2 Å². The Labute approximate surface area is 125 Å². The van der Waals surface area contributed by atoms with Crippen LogP contribution >= 0.6 is 12.2 Å². The normalized spacial score (nSPS) is 18.5. The fourth-order valence-electron chi connectivity index (χ4n) is 3.65. The Balaban J connectivity index is 2.08. The van der Waals surface area contributed by atoms with Gasteiger partial charge in [0.2, 0.25) is 0 Å². The Morgan fingerprint density at radius 2 is 2.10 bits per heavy atom. The average molecular weight is 289 g/mol. The van der Waals surface area contributed by atoms with Crippen molar-refractivity contribution in [1.29, 1.82) is 0 Å². The van der Waals surface area contributed by atoms with Gasteiger partial charge in [-0.1, -0.05) is 26.2 Å². The molecule has 1 aliphatic carbocycles. The van der Waals surface area contributed by atoms with Gasteiger partial charge in [0.25, 0.3) is 0 Å². The van der Waals surface area contributed by atoms with Gasteiger partial charge in [0, 0.05) is 11.7 Å². The van der Waals surface area contributed by atoms with Gasteiger partial charge in [0.1, 0.15) is 0 Å². The van der Waals surface area contributed by atoms with Gasteiger partial charge in [-0.15, -0.1) is 0 Å². The van der Waals surface area contributed by atoms with Crippen LogP contribution < -0.4 is 0 Å². The number of hydrogen-bond acceptors (Lipinski definition) is 2. The molecule has 1 N–H and O–H groups in total. The lowest BCUT2D eigenvalue weighted by molar-refractivity contribution is 0.245. The predicted octanol–water partition coefficient (Wildman–Crippen LogP) is 4.93. The zero-order valence-electron chi connectivity index (χ0n) is 12.4. The van der Waals surface area contributed by atoms with Crippen LogP contribution in [-0.2, 0) is 0 Å². The number of rotatable bonds is 3. The van der Waals surface area contributed by atoms with E-state index in [4.69, 9.17) is 17.2 Å². The lowest BCUT2D eigenvalue weighted by Crippen LogP contribution is -2.21. The van der Waals surface area contributed by atoms with Crippen molar-refractivity contribution >= 4 is 23.4 Å². The summed E-state index contributed by atoms with van der Waals surface area (Å²) in [5, 5.41) is 0. The minimum absolute atomic E-state index is 0.492. The number of hydrogen-bond donors (Lipinski definition) is 1.